The Kier molecular flexibility index (Phi) is 5.32. The largest absolute Gasteiger partial charge is 0.327 e. The number of thiophene rings is 1. The minimum atomic E-state index is -0.0930. The monoisotopic (exact) mass is 255 g/mol. The maximum Gasteiger partial charge on any atom is 0.235 e. The molecule has 1 atom stereocenters. The number of hydrogen-bond donors (Lipinski definition) is 2. The quantitative estimate of drug-likeness (QED) is 0.838. The molecular formula is C10H13N3OS2. The number of anilines is 1. The second-order valence-corrected chi connectivity index (χ2v) is 5.26. The van der Waals surface area contributed by atoms with E-state index in [-0.39, 0.29) is 11.9 Å². The number of amides is 1. The number of nitrogens with two attached hydrogens (primary N) is 1. The predicted octanol–water partition coefficient (Wildman–Crippen LogP) is 1.64. The van der Waals surface area contributed by atoms with Gasteiger partial charge in [-0.2, -0.15) is 17.0 Å². The van der Waals surface area contributed by atoms with E-state index in [4.69, 9.17) is 11.0 Å². The van der Waals surface area contributed by atoms with Crippen LogP contribution in [-0.4, -0.2) is 23.5 Å². The van der Waals surface area contributed by atoms with Crippen molar-refractivity contribution in [2.75, 3.05) is 16.8 Å². The molecule has 0 aromatic carbocycles. The lowest BCUT2D eigenvalue weighted by molar-refractivity contribution is -0.113. The van der Waals surface area contributed by atoms with Crippen molar-refractivity contribution in [2.45, 2.75) is 13.0 Å². The van der Waals surface area contributed by atoms with E-state index in [1.807, 2.05) is 13.0 Å². The van der Waals surface area contributed by atoms with Crippen molar-refractivity contribution in [1.29, 1.82) is 5.26 Å². The van der Waals surface area contributed by atoms with Crippen molar-refractivity contribution in [1.82, 2.24) is 0 Å². The number of nitriles is 1. The van der Waals surface area contributed by atoms with Crippen molar-refractivity contribution in [3.8, 4) is 6.07 Å². The van der Waals surface area contributed by atoms with Crippen LogP contribution in [0.5, 0.6) is 0 Å². The third kappa shape index (κ3) is 4.23. The van der Waals surface area contributed by atoms with Gasteiger partial charge in [-0.15, -0.1) is 11.3 Å². The van der Waals surface area contributed by atoms with Crippen LogP contribution in [0.1, 0.15) is 12.5 Å². The molecule has 1 aromatic heterocycles. The van der Waals surface area contributed by atoms with Gasteiger partial charge in [-0.05, 0) is 18.4 Å². The van der Waals surface area contributed by atoms with E-state index in [0.29, 0.717) is 16.3 Å². The standard InChI is InChI=1S/C10H13N3OS2/c1-7(12)5-15-6-9(14)13-10-8(4-11)2-3-16-10/h2-3,7H,5-6,12H2,1H3,(H,13,14). The number of thioether (sulfide) groups is 1. The Balaban J connectivity index is 2.38. The maximum atomic E-state index is 11.5. The third-order valence-electron chi connectivity index (χ3n) is 1.65. The fraction of sp³-hybridized carbons (Fsp3) is 0.400. The Labute approximate surface area is 103 Å². The van der Waals surface area contributed by atoms with Crippen LogP contribution in [-0.2, 0) is 4.79 Å². The van der Waals surface area contributed by atoms with E-state index in [1.165, 1.54) is 23.1 Å². The maximum absolute atomic E-state index is 11.5. The van der Waals surface area contributed by atoms with E-state index in [1.54, 1.807) is 11.4 Å². The average molecular weight is 255 g/mol. The molecule has 0 radical (unpaired) electrons. The summed E-state index contributed by atoms with van der Waals surface area (Å²) in [6, 6.07) is 3.81. The van der Waals surface area contributed by atoms with E-state index >= 15 is 0 Å². The third-order valence-corrected chi connectivity index (χ3v) is 3.71. The second-order valence-electron chi connectivity index (χ2n) is 3.32. The summed E-state index contributed by atoms with van der Waals surface area (Å²) in [5, 5.41) is 13.9. The minimum Gasteiger partial charge on any atom is -0.327 e. The molecule has 0 bridgehead atoms. The fourth-order valence-electron chi connectivity index (χ4n) is 0.994. The van der Waals surface area contributed by atoms with Crippen molar-refractivity contribution < 1.29 is 4.79 Å². The van der Waals surface area contributed by atoms with Gasteiger partial charge in [0.2, 0.25) is 5.91 Å². The lowest BCUT2D eigenvalue weighted by Gasteiger charge is -2.05. The molecule has 0 aliphatic carbocycles. The van der Waals surface area contributed by atoms with Crippen LogP contribution in [0.15, 0.2) is 11.4 Å². The Morgan fingerprint density at radius 3 is 3.19 bits per heavy atom. The number of carbonyl (C=O) groups is 1. The number of nitrogens with one attached hydrogen (secondary N) is 1. The molecule has 1 heterocycles. The highest BCUT2D eigenvalue weighted by atomic mass is 32.2. The zero-order valence-corrected chi connectivity index (χ0v) is 10.5. The SMILES string of the molecule is CC(N)CSCC(=O)Nc1sccc1C#N. The van der Waals surface area contributed by atoms with Crippen molar-refractivity contribution in [3.05, 3.63) is 17.0 Å². The summed E-state index contributed by atoms with van der Waals surface area (Å²) in [4.78, 5) is 11.5. The van der Waals surface area contributed by atoms with Gasteiger partial charge in [0.15, 0.2) is 0 Å². The molecule has 1 aromatic rings. The van der Waals surface area contributed by atoms with Gasteiger partial charge in [-0.3, -0.25) is 4.79 Å². The summed E-state index contributed by atoms with van der Waals surface area (Å²) in [7, 11) is 0. The van der Waals surface area contributed by atoms with E-state index in [2.05, 4.69) is 5.32 Å². The fourth-order valence-corrected chi connectivity index (χ4v) is 2.50. The first-order valence-electron chi connectivity index (χ1n) is 4.74. The second kappa shape index (κ2) is 6.53. The van der Waals surface area contributed by atoms with Crippen molar-refractivity contribution in [2.24, 2.45) is 5.73 Å². The van der Waals surface area contributed by atoms with Gasteiger partial charge in [0.05, 0.1) is 11.3 Å². The average Bonchev–Trinajstić information content (AvgIpc) is 2.64. The zero-order chi connectivity index (χ0) is 12.0. The van der Waals surface area contributed by atoms with Crippen LogP contribution < -0.4 is 11.1 Å². The lowest BCUT2D eigenvalue weighted by Crippen LogP contribution is -2.20. The normalized spacial score (nSPS) is 11.8. The Morgan fingerprint density at radius 1 is 1.81 bits per heavy atom. The summed E-state index contributed by atoms with van der Waals surface area (Å²) >= 11 is 2.84. The first-order chi connectivity index (χ1) is 7.63. The zero-order valence-electron chi connectivity index (χ0n) is 8.90. The van der Waals surface area contributed by atoms with Crippen LogP contribution >= 0.6 is 23.1 Å². The van der Waals surface area contributed by atoms with E-state index in [9.17, 15) is 4.79 Å². The molecule has 0 aliphatic heterocycles. The molecule has 0 fully saturated rings. The van der Waals surface area contributed by atoms with Crippen LogP contribution in [0.25, 0.3) is 0 Å². The summed E-state index contributed by atoms with van der Waals surface area (Å²) in [5.41, 5.74) is 6.08. The van der Waals surface area contributed by atoms with E-state index < -0.39 is 0 Å². The van der Waals surface area contributed by atoms with Gasteiger partial charge in [-0.1, -0.05) is 0 Å². The first-order valence-corrected chi connectivity index (χ1v) is 6.77. The molecule has 4 nitrogen and oxygen atoms in total. The van der Waals surface area contributed by atoms with Crippen molar-refractivity contribution in [3.63, 3.8) is 0 Å². The Bertz CT molecular complexity index is 395. The molecule has 0 saturated carbocycles. The molecule has 3 N–H and O–H groups in total. The van der Waals surface area contributed by atoms with Gasteiger partial charge in [-0.25, -0.2) is 0 Å². The van der Waals surface area contributed by atoms with Crippen LogP contribution in [0.4, 0.5) is 5.00 Å². The minimum absolute atomic E-state index is 0.0919. The number of hydrogen-bond acceptors (Lipinski definition) is 5. The van der Waals surface area contributed by atoms with Crippen LogP contribution in [0.2, 0.25) is 0 Å². The molecular weight excluding hydrogens is 242 g/mol. The highest BCUT2D eigenvalue weighted by Crippen LogP contribution is 2.22. The number of carbonyl (C=O) groups excluding carboxylic acids is 1. The number of rotatable bonds is 5. The Morgan fingerprint density at radius 2 is 2.56 bits per heavy atom. The highest BCUT2D eigenvalue weighted by molar-refractivity contribution is 8.00. The van der Waals surface area contributed by atoms with Gasteiger partial charge >= 0.3 is 0 Å². The van der Waals surface area contributed by atoms with Crippen LogP contribution in [0, 0.1) is 11.3 Å². The molecule has 6 heteroatoms. The summed E-state index contributed by atoms with van der Waals surface area (Å²) in [6.07, 6.45) is 0. The molecule has 16 heavy (non-hydrogen) atoms. The summed E-state index contributed by atoms with van der Waals surface area (Å²) in [6.45, 7) is 1.90. The van der Waals surface area contributed by atoms with Gasteiger partial charge in [0.25, 0.3) is 0 Å². The summed E-state index contributed by atoms with van der Waals surface area (Å²) in [5.74, 6) is 1.03. The predicted molar refractivity (Wildman–Crippen MR) is 68.6 cm³/mol. The molecule has 1 unspecified atom stereocenters. The topological polar surface area (TPSA) is 78.9 Å². The summed E-state index contributed by atoms with van der Waals surface area (Å²) < 4.78 is 0. The van der Waals surface area contributed by atoms with Gasteiger partial charge in [0.1, 0.15) is 11.1 Å². The molecule has 0 saturated heterocycles. The van der Waals surface area contributed by atoms with Crippen molar-refractivity contribution >= 4 is 34.0 Å². The molecule has 1 amide bonds. The lowest BCUT2D eigenvalue weighted by atomic mass is 10.3. The molecule has 0 aliphatic rings. The molecule has 1 rings (SSSR count). The Hall–Kier alpha value is -1.03. The molecule has 86 valence electrons. The highest BCUT2D eigenvalue weighted by Gasteiger charge is 2.08. The van der Waals surface area contributed by atoms with E-state index in [0.717, 1.165) is 5.75 Å². The molecule has 0 spiro atoms. The smallest absolute Gasteiger partial charge is 0.235 e. The van der Waals surface area contributed by atoms with Gasteiger partial charge < -0.3 is 11.1 Å². The van der Waals surface area contributed by atoms with Gasteiger partial charge in [0, 0.05) is 11.8 Å². The first kappa shape index (κ1) is 13.0. The van der Waals surface area contributed by atoms with Crippen LogP contribution in [0.3, 0.4) is 0 Å². The number of nitrogens with zero attached hydrogens (tertiary/aromatic N) is 1.